The normalized spacial score (nSPS) is 11.9. The van der Waals surface area contributed by atoms with Crippen LogP contribution >= 0.6 is 0 Å². The minimum Gasteiger partial charge on any atom is -0.345 e. The van der Waals surface area contributed by atoms with Gasteiger partial charge in [0.25, 0.3) is 5.91 Å². The molecule has 1 atom stereocenters. The van der Waals surface area contributed by atoms with Crippen LogP contribution in [-0.4, -0.2) is 16.1 Å². The zero-order valence-electron chi connectivity index (χ0n) is 13.2. The molecule has 1 aromatic heterocycles. The van der Waals surface area contributed by atoms with E-state index < -0.39 is 0 Å². The number of H-pyrrole nitrogens is 1. The quantitative estimate of drug-likeness (QED) is 0.768. The molecule has 1 amide bonds. The first-order valence-electron chi connectivity index (χ1n) is 7.61. The van der Waals surface area contributed by atoms with Gasteiger partial charge in [-0.05, 0) is 19.4 Å². The van der Waals surface area contributed by atoms with Gasteiger partial charge in [0.1, 0.15) is 0 Å². The summed E-state index contributed by atoms with van der Waals surface area (Å²) in [6.45, 7) is 4.02. The average molecular weight is 305 g/mol. The van der Waals surface area contributed by atoms with Crippen molar-refractivity contribution in [3.8, 4) is 11.3 Å². The molecule has 2 N–H and O–H groups in total. The van der Waals surface area contributed by atoms with Gasteiger partial charge in [-0.15, -0.1) is 0 Å². The first-order valence-corrected chi connectivity index (χ1v) is 7.61. The number of carbonyl (C=O) groups excluding carboxylic acids is 1. The van der Waals surface area contributed by atoms with Crippen LogP contribution in [0.4, 0.5) is 0 Å². The van der Waals surface area contributed by atoms with Gasteiger partial charge >= 0.3 is 0 Å². The lowest BCUT2D eigenvalue weighted by molar-refractivity contribution is 0.0940. The molecule has 116 valence electrons. The second kappa shape index (κ2) is 6.48. The van der Waals surface area contributed by atoms with Crippen LogP contribution < -0.4 is 5.32 Å². The molecule has 4 heteroatoms. The lowest BCUT2D eigenvalue weighted by Crippen LogP contribution is -2.26. The molecule has 0 saturated carbocycles. The molecule has 0 bridgehead atoms. The Bertz CT molecular complexity index is 791. The third-order valence-corrected chi connectivity index (χ3v) is 3.87. The van der Waals surface area contributed by atoms with Crippen molar-refractivity contribution in [1.82, 2.24) is 15.5 Å². The molecule has 0 saturated heterocycles. The molecule has 0 aliphatic rings. The SMILES string of the molecule is Cc1ccc(C(C)NC(=O)c2cn[nH]c2-c2ccccc2)cc1. The number of aromatic nitrogens is 2. The number of aryl methyl sites for hydroxylation is 1. The van der Waals surface area contributed by atoms with Gasteiger partial charge in [-0.2, -0.15) is 5.10 Å². The summed E-state index contributed by atoms with van der Waals surface area (Å²) in [6, 6.07) is 17.8. The number of benzene rings is 2. The summed E-state index contributed by atoms with van der Waals surface area (Å²) in [4.78, 5) is 12.6. The van der Waals surface area contributed by atoms with E-state index in [1.165, 1.54) is 5.56 Å². The molecule has 3 rings (SSSR count). The summed E-state index contributed by atoms with van der Waals surface area (Å²) in [5.41, 5.74) is 4.51. The Balaban J connectivity index is 1.79. The third-order valence-electron chi connectivity index (χ3n) is 3.87. The summed E-state index contributed by atoms with van der Waals surface area (Å²) in [5.74, 6) is -0.134. The first kappa shape index (κ1) is 15.0. The van der Waals surface area contributed by atoms with Gasteiger partial charge in [0, 0.05) is 5.56 Å². The fraction of sp³-hybridized carbons (Fsp3) is 0.158. The van der Waals surface area contributed by atoms with Crippen LogP contribution in [0.3, 0.4) is 0 Å². The van der Waals surface area contributed by atoms with Crippen molar-refractivity contribution in [2.24, 2.45) is 0 Å². The highest BCUT2D eigenvalue weighted by Crippen LogP contribution is 2.21. The maximum Gasteiger partial charge on any atom is 0.255 e. The van der Waals surface area contributed by atoms with Gasteiger partial charge < -0.3 is 5.32 Å². The van der Waals surface area contributed by atoms with Crippen LogP contribution in [0.1, 0.15) is 34.5 Å². The summed E-state index contributed by atoms with van der Waals surface area (Å²) in [6.07, 6.45) is 1.57. The molecule has 0 aliphatic carbocycles. The molecule has 1 heterocycles. The number of nitrogens with one attached hydrogen (secondary N) is 2. The summed E-state index contributed by atoms with van der Waals surface area (Å²) in [7, 11) is 0. The molecule has 3 aromatic rings. The number of carbonyl (C=O) groups is 1. The monoisotopic (exact) mass is 305 g/mol. The summed E-state index contributed by atoms with van der Waals surface area (Å²) in [5, 5.41) is 9.97. The average Bonchev–Trinajstić information content (AvgIpc) is 3.06. The number of hydrogen-bond acceptors (Lipinski definition) is 2. The Morgan fingerprint density at radius 1 is 1.09 bits per heavy atom. The third kappa shape index (κ3) is 3.31. The van der Waals surface area contributed by atoms with Crippen LogP contribution in [-0.2, 0) is 0 Å². The van der Waals surface area contributed by atoms with Crippen molar-refractivity contribution in [1.29, 1.82) is 0 Å². The molecule has 2 aromatic carbocycles. The van der Waals surface area contributed by atoms with Gasteiger partial charge in [-0.1, -0.05) is 60.2 Å². The maximum atomic E-state index is 12.6. The number of nitrogens with zero attached hydrogens (tertiary/aromatic N) is 1. The highest BCUT2D eigenvalue weighted by Gasteiger charge is 2.17. The molecule has 1 unspecified atom stereocenters. The van der Waals surface area contributed by atoms with Crippen LogP contribution in [0.2, 0.25) is 0 Å². The fourth-order valence-electron chi connectivity index (χ4n) is 2.50. The summed E-state index contributed by atoms with van der Waals surface area (Å²) >= 11 is 0. The standard InChI is InChI=1S/C19H19N3O/c1-13-8-10-15(11-9-13)14(2)21-19(23)17-12-20-22-18(17)16-6-4-3-5-7-16/h3-12,14H,1-2H3,(H,20,22)(H,21,23). The Kier molecular flexibility index (Phi) is 4.24. The molecule has 0 radical (unpaired) electrons. The van der Waals surface area contributed by atoms with E-state index in [4.69, 9.17) is 0 Å². The predicted molar refractivity (Wildman–Crippen MR) is 91.1 cm³/mol. The second-order valence-electron chi connectivity index (χ2n) is 5.63. The highest BCUT2D eigenvalue weighted by atomic mass is 16.1. The van der Waals surface area contributed by atoms with Crippen molar-refractivity contribution < 1.29 is 4.79 Å². The van der Waals surface area contributed by atoms with Crippen LogP contribution in [0.25, 0.3) is 11.3 Å². The molecule has 23 heavy (non-hydrogen) atoms. The number of amides is 1. The smallest absolute Gasteiger partial charge is 0.255 e. The largest absolute Gasteiger partial charge is 0.345 e. The van der Waals surface area contributed by atoms with E-state index in [1.54, 1.807) is 6.20 Å². The molecule has 0 spiro atoms. The molecule has 0 fully saturated rings. The van der Waals surface area contributed by atoms with E-state index in [0.717, 1.165) is 16.8 Å². The van der Waals surface area contributed by atoms with E-state index in [1.807, 2.05) is 68.4 Å². The lowest BCUT2D eigenvalue weighted by Gasteiger charge is -2.14. The topological polar surface area (TPSA) is 57.8 Å². The van der Waals surface area contributed by atoms with Crippen molar-refractivity contribution in [2.45, 2.75) is 19.9 Å². The molecule has 0 aliphatic heterocycles. The summed E-state index contributed by atoms with van der Waals surface area (Å²) < 4.78 is 0. The number of hydrogen-bond donors (Lipinski definition) is 2. The van der Waals surface area contributed by atoms with Gasteiger partial charge in [0.05, 0.1) is 23.5 Å². The fourth-order valence-corrected chi connectivity index (χ4v) is 2.50. The minimum absolute atomic E-state index is 0.0679. The first-order chi connectivity index (χ1) is 11.1. The van der Waals surface area contributed by atoms with E-state index in [0.29, 0.717) is 5.56 Å². The van der Waals surface area contributed by atoms with Gasteiger partial charge in [-0.25, -0.2) is 0 Å². The van der Waals surface area contributed by atoms with Crippen LogP contribution in [0, 0.1) is 6.92 Å². The number of rotatable bonds is 4. The highest BCUT2D eigenvalue weighted by molar-refractivity contribution is 5.99. The van der Waals surface area contributed by atoms with Crippen molar-refractivity contribution in [3.63, 3.8) is 0 Å². The van der Waals surface area contributed by atoms with Crippen molar-refractivity contribution >= 4 is 5.91 Å². The lowest BCUT2D eigenvalue weighted by atomic mass is 10.0. The zero-order chi connectivity index (χ0) is 16.2. The van der Waals surface area contributed by atoms with Gasteiger partial charge in [-0.3, -0.25) is 9.89 Å². The second-order valence-corrected chi connectivity index (χ2v) is 5.63. The Hall–Kier alpha value is -2.88. The Morgan fingerprint density at radius 3 is 2.48 bits per heavy atom. The van der Waals surface area contributed by atoms with E-state index in [-0.39, 0.29) is 11.9 Å². The molecular weight excluding hydrogens is 286 g/mol. The number of aromatic amines is 1. The zero-order valence-corrected chi connectivity index (χ0v) is 13.2. The molecular formula is C19H19N3O. The van der Waals surface area contributed by atoms with Crippen LogP contribution in [0.15, 0.2) is 60.8 Å². The van der Waals surface area contributed by atoms with Crippen molar-refractivity contribution in [3.05, 3.63) is 77.5 Å². The van der Waals surface area contributed by atoms with E-state index in [2.05, 4.69) is 15.5 Å². The Morgan fingerprint density at radius 2 is 1.78 bits per heavy atom. The van der Waals surface area contributed by atoms with Gasteiger partial charge in [0.2, 0.25) is 0 Å². The van der Waals surface area contributed by atoms with Gasteiger partial charge in [0.15, 0.2) is 0 Å². The minimum atomic E-state index is -0.134. The van der Waals surface area contributed by atoms with Crippen molar-refractivity contribution in [2.75, 3.05) is 0 Å². The predicted octanol–water partition coefficient (Wildman–Crippen LogP) is 3.88. The van der Waals surface area contributed by atoms with E-state index in [9.17, 15) is 4.79 Å². The Labute approximate surface area is 135 Å². The maximum absolute atomic E-state index is 12.6. The molecule has 4 nitrogen and oxygen atoms in total. The van der Waals surface area contributed by atoms with E-state index >= 15 is 0 Å². The van der Waals surface area contributed by atoms with Crippen LogP contribution in [0.5, 0.6) is 0 Å².